The number of rotatable bonds is 4. The summed E-state index contributed by atoms with van der Waals surface area (Å²) in [4.78, 5) is 7.76. The van der Waals surface area contributed by atoms with Gasteiger partial charge in [-0.3, -0.25) is 0 Å². The average molecular weight is 282 g/mol. The summed E-state index contributed by atoms with van der Waals surface area (Å²) in [7, 11) is -3.49. The van der Waals surface area contributed by atoms with Crippen LogP contribution >= 0.6 is 0 Å². The fraction of sp³-hybridized carbons (Fsp3) is 0.300. The van der Waals surface area contributed by atoms with Crippen LogP contribution in [0.15, 0.2) is 23.5 Å². The molecule has 0 aliphatic heterocycles. The van der Waals surface area contributed by atoms with Gasteiger partial charge < -0.3 is 11.1 Å². The molecular weight excluding hydrogens is 268 g/mol. The van der Waals surface area contributed by atoms with E-state index in [-0.39, 0.29) is 16.5 Å². The van der Waals surface area contributed by atoms with Crippen LogP contribution < -0.4 is 11.1 Å². The topological polar surface area (TPSA) is 116 Å². The smallest absolute Gasteiger partial charge is 0.182 e. The molecular formula is C10H14N6O2S. The Morgan fingerprint density at radius 3 is 2.74 bits per heavy atom. The number of nitrogen functional groups attached to an aromatic ring is 1. The molecule has 3 N–H and O–H groups in total. The molecule has 2 aromatic heterocycles. The lowest BCUT2D eigenvalue weighted by Crippen LogP contribution is -2.07. The fourth-order valence-corrected chi connectivity index (χ4v) is 2.58. The SMILES string of the molecule is CCNc1nn(-c2ccncn2)c(N)c1S(C)(=O)=O. The highest BCUT2D eigenvalue weighted by Gasteiger charge is 2.24. The van der Waals surface area contributed by atoms with Crippen molar-refractivity contribution in [3.63, 3.8) is 0 Å². The Bertz CT molecular complexity index is 680. The predicted octanol–water partition coefficient (Wildman–Crippen LogP) is 0.0798. The van der Waals surface area contributed by atoms with Crippen LogP contribution in [0.4, 0.5) is 11.6 Å². The third-order valence-corrected chi connectivity index (χ3v) is 3.52. The minimum Gasteiger partial charge on any atom is -0.382 e. The van der Waals surface area contributed by atoms with E-state index in [2.05, 4.69) is 20.4 Å². The first-order valence-corrected chi connectivity index (χ1v) is 7.43. The van der Waals surface area contributed by atoms with E-state index in [1.807, 2.05) is 6.92 Å². The van der Waals surface area contributed by atoms with E-state index in [0.717, 1.165) is 6.26 Å². The van der Waals surface area contributed by atoms with Crippen LogP contribution in [0.3, 0.4) is 0 Å². The molecule has 0 aliphatic rings. The number of nitrogens with two attached hydrogens (primary N) is 1. The summed E-state index contributed by atoms with van der Waals surface area (Å²) in [6, 6.07) is 1.59. The lowest BCUT2D eigenvalue weighted by molar-refractivity contribution is 0.602. The summed E-state index contributed by atoms with van der Waals surface area (Å²) < 4.78 is 24.8. The molecule has 0 spiro atoms. The molecule has 0 amide bonds. The highest BCUT2D eigenvalue weighted by Crippen LogP contribution is 2.28. The largest absolute Gasteiger partial charge is 0.382 e. The lowest BCUT2D eigenvalue weighted by Gasteiger charge is -2.02. The minimum absolute atomic E-state index is 0.0204. The molecule has 0 radical (unpaired) electrons. The Morgan fingerprint density at radius 1 is 1.47 bits per heavy atom. The van der Waals surface area contributed by atoms with E-state index in [0.29, 0.717) is 12.4 Å². The number of hydrogen-bond acceptors (Lipinski definition) is 7. The van der Waals surface area contributed by atoms with Gasteiger partial charge in [0.2, 0.25) is 0 Å². The normalized spacial score (nSPS) is 11.5. The van der Waals surface area contributed by atoms with Crippen LogP contribution in [0.1, 0.15) is 6.92 Å². The standard InChI is InChI=1S/C10H14N6O2S/c1-3-13-10-8(19(2,17)18)9(11)16(15-10)7-4-5-12-6-14-7/h4-6H,3,11H2,1-2H3,(H,13,15). The van der Waals surface area contributed by atoms with Crippen molar-refractivity contribution in [1.29, 1.82) is 0 Å². The van der Waals surface area contributed by atoms with Gasteiger partial charge in [-0.1, -0.05) is 0 Å². The zero-order valence-corrected chi connectivity index (χ0v) is 11.3. The first-order valence-electron chi connectivity index (χ1n) is 5.54. The van der Waals surface area contributed by atoms with Crippen molar-refractivity contribution in [2.75, 3.05) is 23.9 Å². The Hall–Kier alpha value is -2.16. The fourth-order valence-electron chi connectivity index (χ4n) is 1.65. The van der Waals surface area contributed by atoms with Crippen molar-refractivity contribution in [3.8, 4) is 5.82 Å². The second-order valence-corrected chi connectivity index (χ2v) is 5.80. The maximum atomic E-state index is 11.8. The molecule has 9 heteroatoms. The van der Waals surface area contributed by atoms with Gasteiger partial charge in [-0.05, 0) is 6.92 Å². The van der Waals surface area contributed by atoms with Crippen LogP contribution in [-0.2, 0) is 9.84 Å². The van der Waals surface area contributed by atoms with Gasteiger partial charge in [0.05, 0.1) is 0 Å². The van der Waals surface area contributed by atoms with Gasteiger partial charge in [-0.25, -0.2) is 18.4 Å². The Balaban J connectivity index is 2.66. The zero-order valence-electron chi connectivity index (χ0n) is 10.5. The second-order valence-electron chi connectivity index (χ2n) is 3.84. The van der Waals surface area contributed by atoms with Crippen LogP contribution in [0, 0.1) is 0 Å². The molecule has 102 valence electrons. The molecule has 0 aliphatic carbocycles. The van der Waals surface area contributed by atoms with Gasteiger partial charge in [-0.15, -0.1) is 5.10 Å². The molecule has 0 aromatic carbocycles. The Kier molecular flexibility index (Phi) is 3.38. The van der Waals surface area contributed by atoms with Gasteiger partial charge in [0.25, 0.3) is 0 Å². The summed E-state index contributed by atoms with van der Waals surface area (Å²) in [6.07, 6.45) is 3.95. The van der Waals surface area contributed by atoms with Crippen molar-refractivity contribution < 1.29 is 8.42 Å². The minimum atomic E-state index is -3.49. The molecule has 0 atom stereocenters. The Labute approximate surface area is 110 Å². The monoisotopic (exact) mass is 282 g/mol. The van der Waals surface area contributed by atoms with Crippen LogP contribution in [0.2, 0.25) is 0 Å². The van der Waals surface area contributed by atoms with E-state index < -0.39 is 9.84 Å². The van der Waals surface area contributed by atoms with Crippen molar-refractivity contribution in [2.45, 2.75) is 11.8 Å². The summed E-state index contributed by atoms with van der Waals surface area (Å²) in [5.74, 6) is 0.653. The molecule has 0 saturated heterocycles. The van der Waals surface area contributed by atoms with Crippen molar-refractivity contribution in [3.05, 3.63) is 18.6 Å². The van der Waals surface area contributed by atoms with Gasteiger partial charge >= 0.3 is 0 Å². The quantitative estimate of drug-likeness (QED) is 0.815. The summed E-state index contributed by atoms with van der Waals surface area (Å²) >= 11 is 0. The Morgan fingerprint density at radius 2 is 2.21 bits per heavy atom. The number of aromatic nitrogens is 4. The maximum absolute atomic E-state index is 11.8. The second kappa shape index (κ2) is 4.84. The lowest BCUT2D eigenvalue weighted by atomic mass is 10.5. The first-order chi connectivity index (χ1) is 8.95. The van der Waals surface area contributed by atoms with E-state index >= 15 is 0 Å². The average Bonchev–Trinajstić information content (AvgIpc) is 2.67. The summed E-state index contributed by atoms with van der Waals surface area (Å²) in [5, 5.41) is 7.03. The highest BCUT2D eigenvalue weighted by atomic mass is 32.2. The van der Waals surface area contributed by atoms with Crippen molar-refractivity contribution in [2.24, 2.45) is 0 Å². The van der Waals surface area contributed by atoms with Gasteiger partial charge in [0.1, 0.15) is 12.1 Å². The first kappa shape index (κ1) is 13.3. The predicted molar refractivity (Wildman–Crippen MR) is 70.8 cm³/mol. The summed E-state index contributed by atoms with van der Waals surface area (Å²) in [6.45, 7) is 2.37. The molecule has 2 aromatic rings. The molecule has 0 bridgehead atoms. The number of anilines is 2. The van der Waals surface area contributed by atoms with Gasteiger partial charge in [0, 0.05) is 25.1 Å². The highest BCUT2D eigenvalue weighted by molar-refractivity contribution is 7.91. The molecule has 19 heavy (non-hydrogen) atoms. The van der Waals surface area contributed by atoms with Crippen molar-refractivity contribution >= 4 is 21.5 Å². The van der Waals surface area contributed by atoms with Crippen molar-refractivity contribution in [1.82, 2.24) is 19.7 Å². The molecule has 0 fully saturated rings. The number of nitrogens with one attached hydrogen (secondary N) is 1. The molecule has 2 rings (SSSR count). The van der Waals surface area contributed by atoms with E-state index in [9.17, 15) is 8.42 Å². The van der Waals surface area contributed by atoms with E-state index in [1.165, 1.54) is 17.2 Å². The summed E-state index contributed by atoms with van der Waals surface area (Å²) in [5.41, 5.74) is 5.87. The third kappa shape index (κ3) is 2.50. The molecule has 0 saturated carbocycles. The van der Waals surface area contributed by atoms with Gasteiger partial charge in [0.15, 0.2) is 26.4 Å². The third-order valence-electron chi connectivity index (χ3n) is 2.37. The van der Waals surface area contributed by atoms with Crippen LogP contribution in [0.25, 0.3) is 5.82 Å². The van der Waals surface area contributed by atoms with Gasteiger partial charge in [-0.2, -0.15) is 4.68 Å². The van der Waals surface area contributed by atoms with Crippen LogP contribution in [-0.4, -0.2) is 41.0 Å². The number of sulfone groups is 1. The zero-order chi connectivity index (χ0) is 14.0. The molecule has 0 unspecified atom stereocenters. The van der Waals surface area contributed by atoms with Crippen LogP contribution in [0.5, 0.6) is 0 Å². The molecule has 8 nitrogen and oxygen atoms in total. The number of hydrogen-bond donors (Lipinski definition) is 2. The molecule has 2 heterocycles. The number of nitrogens with zero attached hydrogens (tertiary/aromatic N) is 4. The maximum Gasteiger partial charge on any atom is 0.182 e. The van der Waals surface area contributed by atoms with E-state index in [1.54, 1.807) is 6.07 Å². The van der Waals surface area contributed by atoms with E-state index in [4.69, 9.17) is 5.73 Å².